The van der Waals surface area contributed by atoms with Crippen LogP contribution < -0.4 is 0 Å². The molecule has 16 heavy (non-hydrogen) atoms. The molecular formula is C14H20O2. The van der Waals surface area contributed by atoms with Crippen molar-refractivity contribution in [1.82, 2.24) is 0 Å². The Morgan fingerprint density at radius 2 is 2.00 bits per heavy atom. The van der Waals surface area contributed by atoms with Gasteiger partial charge in [-0.05, 0) is 25.8 Å². The van der Waals surface area contributed by atoms with E-state index >= 15 is 0 Å². The lowest BCUT2D eigenvalue weighted by molar-refractivity contribution is -0.0343. The van der Waals surface area contributed by atoms with Crippen LogP contribution in [0.25, 0.3) is 0 Å². The van der Waals surface area contributed by atoms with Crippen molar-refractivity contribution in [3.8, 4) is 0 Å². The lowest BCUT2D eigenvalue weighted by Crippen LogP contribution is -2.26. The Balaban J connectivity index is 2.35. The fraction of sp³-hybridized carbons (Fsp3) is 0.429. The van der Waals surface area contributed by atoms with Gasteiger partial charge in [-0.3, -0.25) is 0 Å². The van der Waals surface area contributed by atoms with Crippen molar-refractivity contribution in [1.29, 1.82) is 0 Å². The normalized spacial score (nSPS) is 14.4. The smallest absolute Gasteiger partial charge is 0.0836 e. The Labute approximate surface area is 97.6 Å². The van der Waals surface area contributed by atoms with Gasteiger partial charge in [0, 0.05) is 0 Å². The fourth-order valence-corrected chi connectivity index (χ4v) is 1.44. The van der Waals surface area contributed by atoms with E-state index in [-0.39, 0.29) is 6.10 Å². The molecule has 0 spiro atoms. The monoisotopic (exact) mass is 220 g/mol. The molecule has 1 aromatic rings. The molecule has 0 bridgehead atoms. The maximum atomic E-state index is 9.78. The maximum Gasteiger partial charge on any atom is 0.0836 e. The Hall–Kier alpha value is -1.12. The summed E-state index contributed by atoms with van der Waals surface area (Å²) in [6.07, 6.45) is -0.0474. The molecule has 0 aliphatic rings. The molecule has 1 aromatic carbocycles. The Kier molecular flexibility index (Phi) is 5.23. The minimum Gasteiger partial charge on any atom is -0.390 e. The highest BCUT2D eigenvalue weighted by Gasteiger charge is 2.14. The number of benzene rings is 1. The third kappa shape index (κ3) is 4.60. The maximum absolute atomic E-state index is 9.78. The average molecular weight is 220 g/mol. The third-order valence-corrected chi connectivity index (χ3v) is 2.46. The molecule has 1 N–H and O–H groups in total. The molecule has 0 heterocycles. The van der Waals surface area contributed by atoms with E-state index in [2.05, 4.69) is 6.58 Å². The van der Waals surface area contributed by atoms with Crippen LogP contribution in [0.1, 0.15) is 25.8 Å². The van der Waals surface area contributed by atoms with Gasteiger partial charge >= 0.3 is 0 Å². The molecule has 0 saturated heterocycles. The van der Waals surface area contributed by atoms with Crippen LogP contribution in [0.5, 0.6) is 0 Å². The summed E-state index contributed by atoms with van der Waals surface area (Å²) in [4.78, 5) is 0. The van der Waals surface area contributed by atoms with Crippen LogP contribution in [0, 0.1) is 0 Å². The van der Waals surface area contributed by atoms with E-state index in [1.807, 2.05) is 44.2 Å². The molecule has 0 aromatic heterocycles. The van der Waals surface area contributed by atoms with Crippen molar-refractivity contribution < 1.29 is 9.84 Å². The summed E-state index contributed by atoms with van der Waals surface area (Å²) in [6.45, 7) is 8.11. The van der Waals surface area contributed by atoms with Crippen molar-refractivity contribution in [2.45, 2.75) is 39.1 Å². The van der Waals surface area contributed by atoms with E-state index in [0.29, 0.717) is 13.0 Å². The number of hydrogen-bond donors (Lipinski definition) is 1. The second-order valence-electron chi connectivity index (χ2n) is 4.23. The minimum absolute atomic E-state index is 0.170. The van der Waals surface area contributed by atoms with Crippen LogP contribution in [0.2, 0.25) is 0 Å². The zero-order valence-electron chi connectivity index (χ0n) is 10.0. The number of aliphatic hydroxyl groups is 1. The van der Waals surface area contributed by atoms with Gasteiger partial charge in [-0.25, -0.2) is 0 Å². The first kappa shape index (κ1) is 12.9. The number of hydrogen-bond acceptors (Lipinski definition) is 2. The molecule has 0 saturated carbocycles. The molecule has 0 fully saturated rings. The SMILES string of the molecule is C=C(C)CC(O)[C@H](C)OCc1ccccc1. The van der Waals surface area contributed by atoms with Gasteiger partial charge in [0.25, 0.3) is 0 Å². The van der Waals surface area contributed by atoms with E-state index in [1.54, 1.807) is 0 Å². The van der Waals surface area contributed by atoms with Crippen molar-refractivity contribution >= 4 is 0 Å². The second-order valence-corrected chi connectivity index (χ2v) is 4.23. The highest BCUT2D eigenvalue weighted by atomic mass is 16.5. The summed E-state index contributed by atoms with van der Waals surface area (Å²) in [7, 11) is 0. The van der Waals surface area contributed by atoms with Crippen molar-refractivity contribution in [3.05, 3.63) is 48.0 Å². The Morgan fingerprint density at radius 1 is 1.38 bits per heavy atom. The first-order valence-electron chi connectivity index (χ1n) is 5.57. The summed E-state index contributed by atoms with van der Waals surface area (Å²) >= 11 is 0. The molecule has 0 radical (unpaired) electrons. The topological polar surface area (TPSA) is 29.5 Å². The highest BCUT2D eigenvalue weighted by Crippen LogP contribution is 2.11. The van der Waals surface area contributed by atoms with Gasteiger partial charge in [-0.15, -0.1) is 6.58 Å². The summed E-state index contributed by atoms with van der Waals surface area (Å²) in [5.74, 6) is 0. The first-order chi connectivity index (χ1) is 7.59. The summed E-state index contributed by atoms with van der Waals surface area (Å²) in [5.41, 5.74) is 2.10. The largest absolute Gasteiger partial charge is 0.390 e. The molecule has 0 aliphatic carbocycles. The summed E-state index contributed by atoms with van der Waals surface area (Å²) in [6, 6.07) is 9.96. The van der Waals surface area contributed by atoms with E-state index in [0.717, 1.165) is 11.1 Å². The van der Waals surface area contributed by atoms with E-state index in [1.165, 1.54) is 0 Å². The molecule has 2 atom stereocenters. The van der Waals surface area contributed by atoms with Crippen LogP contribution in [-0.4, -0.2) is 17.3 Å². The van der Waals surface area contributed by atoms with E-state index in [4.69, 9.17) is 4.74 Å². The Bertz CT molecular complexity index is 319. The fourth-order valence-electron chi connectivity index (χ4n) is 1.44. The predicted octanol–water partition coefficient (Wildman–Crippen LogP) is 2.92. The molecule has 0 aliphatic heterocycles. The van der Waals surface area contributed by atoms with Crippen molar-refractivity contribution in [2.75, 3.05) is 0 Å². The van der Waals surface area contributed by atoms with Gasteiger partial charge in [0.15, 0.2) is 0 Å². The molecule has 1 rings (SSSR count). The lowest BCUT2D eigenvalue weighted by Gasteiger charge is -2.19. The van der Waals surface area contributed by atoms with Gasteiger partial charge < -0.3 is 9.84 Å². The molecule has 2 nitrogen and oxygen atoms in total. The van der Waals surface area contributed by atoms with Gasteiger partial charge in [0.2, 0.25) is 0 Å². The van der Waals surface area contributed by atoms with Crippen LogP contribution in [-0.2, 0) is 11.3 Å². The van der Waals surface area contributed by atoms with Crippen LogP contribution in [0.15, 0.2) is 42.5 Å². The second kappa shape index (κ2) is 6.46. The standard InChI is InChI=1S/C14H20O2/c1-11(2)9-14(15)12(3)16-10-13-7-5-4-6-8-13/h4-8,12,14-15H,1,9-10H2,2-3H3/t12-,14?/m0/s1. The molecule has 0 amide bonds. The lowest BCUT2D eigenvalue weighted by atomic mass is 10.1. The first-order valence-corrected chi connectivity index (χ1v) is 5.57. The quantitative estimate of drug-likeness (QED) is 0.747. The molecule has 88 valence electrons. The Morgan fingerprint density at radius 3 is 2.56 bits per heavy atom. The van der Waals surface area contributed by atoms with E-state index in [9.17, 15) is 5.11 Å². The zero-order valence-corrected chi connectivity index (χ0v) is 10.0. The van der Waals surface area contributed by atoms with Crippen molar-refractivity contribution in [3.63, 3.8) is 0 Å². The number of aliphatic hydroxyl groups excluding tert-OH is 1. The molecule has 1 unspecified atom stereocenters. The molecule has 2 heteroatoms. The summed E-state index contributed by atoms with van der Waals surface area (Å²) in [5, 5.41) is 9.78. The van der Waals surface area contributed by atoms with Gasteiger partial charge in [-0.2, -0.15) is 0 Å². The van der Waals surface area contributed by atoms with Gasteiger partial charge in [0.1, 0.15) is 0 Å². The van der Waals surface area contributed by atoms with Crippen LogP contribution >= 0.6 is 0 Å². The molecular weight excluding hydrogens is 200 g/mol. The zero-order chi connectivity index (χ0) is 12.0. The van der Waals surface area contributed by atoms with Gasteiger partial charge in [0.05, 0.1) is 18.8 Å². The minimum atomic E-state index is -0.471. The highest BCUT2D eigenvalue weighted by molar-refractivity contribution is 5.13. The predicted molar refractivity (Wildman–Crippen MR) is 66.1 cm³/mol. The number of rotatable bonds is 6. The van der Waals surface area contributed by atoms with Crippen LogP contribution in [0.4, 0.5) is 0 Å². The third-order valence-electron chi connectivity index (χ3n) is 2.46. The van der Waals surface area contributed by atoms with Gasteiger partial charge in [-0.1, -0.05) is 35.9 Å². The van der Waals surface area contributed by atoms with Crippen molar-refractivity contribution in [2.24, 2.45) is 0 Å². The number of ether oxygens (including phenoxy) is 1. The summed E-state index contributed by atoms with van der Waals surface area (Å²) < 4.78 is 5.60. The average Bonchev–Trinajstić information content (AvgIpc) is 2.26. The van der Waals surface area contributed by atoms with Crippen LogP contribution in [0.3, 0.4) is 0 Å². The van der Waals surface area contributed by atoms with E-state index < -0.39 is 6.10 Å².